The molecule has 1 aromatic rings. The number of hydrogen-bond donors (Lipinski definition) is 1. The molecule has 1 N–H and O–H groups in total. The minimum atomic E-state index is 0.449. The average Bonchev–Trinajstić information content (AvgIpc) is 2.61. The van der Waals surface area contributed by atoms with Crippen molar-refractivity contribution in [2.45, 2.75) is 13.0 Å². The summed E-state index contributed by atoms with van der Waals surface area (Å²) in [7, 11) is 0. The highest BCUT2D eigenvalue weighted by atomic mass is 16.4. The van der Waals surface area contributed by atoms with Crippen LogP contribution in [-0.4, -0.2) is 27.5 Å². The van der Waals surface area contributed by atoms with E-state index in [1.807, 2.05) is 4.57 Å². The maximum Gasteiger partial charge on any atom is 0.154 e. The fraction of sp³-hybridized carbons (Fsp3) is 0.429. The van der Waals surface area contributed by atoms with Gasteiger partial charge in [0.05, 0.1) is 0 Å². The van der Waals surface area contributed by atoms with Gasteiger partial charge in [-0.1, -0.05) is 10.3 Å². The minimum absolute atomic E-state index is 0.449. The summed E-state index contributed by atoms with van der Waals surface area (Å²) in [5.74, 6) is 0.577. The van der Waals surface area contributed by atoms with E-state index in [1.54, 1.807) is 12.4 Å². The van der Waals surface area contributed by atoms with E-state index in [9.17, 15) is 0 Å². The number of rotatable bonds is 5. The van der Waals surface area contributed by atoms with Gasteiger partial charge in [-0.25, -0.2) is 4.98 Å². The Hall–Kier alpha value is -2.01. The fourth-order valence-electron chi connectivity index (χ4n) is 1.05. The summed E-state index contributed by atoms with van der Waals surface area (Å²) in [5, 5.41) is 14.6. The maximum absolute atomic E-state index is 8.32. The van der Waals surface area contributed by atoms with Crippen LogP contribution in [0.4, 0.5) is 0 Å². The van der Waals surface area contributed by atoms with E-state index < -0.39 is 0 Å². The van der Waals surface area contributed by atoms with Crippen molar-refractivity contribution in [2.75, 3.05) is 6.54 Å². The van der Waals surface area contributed by atoms with Gasteiger partial charge in [-0.3, -0.25) is 0 Å². The molecular weight excluding hydrogens is 184 g/mol. The van der Waals surface area contributed by atoms with E-state index in [4.69, 9.17) is 10.7 Å². The number of azide groups is 1. The first-order valence-corrected chi connectivity index (χ1v) is 4.08. The van der Waals surface area contributed by atoms with Crippen LogP contribution in [0.3, 0.4) is 0 Å². The van der Waals surface area contributed by atoms with Gasteiger partial charge in [-0.2, -0.15) is 0 Å². The molecule has 0 atom stereocenters. The summed E-state index contributed by atoms with van der Waals surface area (Å²) in [6.07, 6.45) is 5.37. The molecular formula is C7H10N6O. The van der Waals surface area contributed by atoms with Crippen LogP contribution in [0.5, 0.6) is 0 Å². The molecule has 0 amide bonds. The van der Waals surface area contributed by atoms with Gasteiger partial charge >= 0.3 is 0 Å². The predicted octanol–water partition coefficient (Wildman–Crippen LogP) is 1.39. The molecule has 0 aliphatic carbocycles. The van der Waals surface area contributed by atoms with Crippen molar-refractivity contribution in [3.05, 3.63) is 28.7 Å². The summed E-state index contributed by atoms with van der Waals surface area (Å²) >= 11 is 0. The minimum Gasteiger partial charge on any atom is -0.411 e. The van der Waals surface area contributed by atoms with Crippen LogP contribution in [-0.2, 0) is 6.54 Å². The van der Waals surface area contributed by atoms with E-state index in [0.717, 1.165) is 6.42 Å². The lowest BCUT2D eigenvalue weighted by molar-refractivity contribution is 0.321. The molecule has 0 bridgehead atoms. The van der Waals surface area contributed by atoms with Crippen molar-refractivity contribution < 1.29 is 5.21 Å². The molecule has 0 radical (unpaired) electrons. The topological polar surface area (TPSA) is 99.2 Å². The molecule has 0 spiro atoms. The number of nitrogens with zero attached hydrogens (tertiary/aromatic N) is 6. The fourth-order valence-corrected chi connectivity index (χ4v) is 1.05. The maximum atomic E-state index is 8.32. The van der Waals surface area contributed by atoms with Crippen molar-refractivity contribution in [1.82, 2.24) is 9.55 Å². The monoisotopic (exact) mass is 194 g/mol. The normalized spacial score (nSPS) is 10.3. The first kappa shape index (κ1) is 10.1. The molecule has 0 fully saturated rings. The molecule has 7 heteroatoms. The Bertz CT molecular complexity index is 351. The second kappa shape index (κ2) is 5.60. The van der Waals surface area contributed by atoms with Gasteiger partial charge in [0.1, 0.15) is 6.21 Å². The highest BCUT2D eigenvalue weighted by Gasteiger charge is 1.98. The predicted molar refractivity (Wildman–Crippen MR) is 50.2 cm³/mol. The van der Waals surface area contributed by atoms with E-state index >= 15 is 0 Å². The highest BCUT2D eigenvalue weighted by molar-refractivity contribution is 5.74. The number of oxime groups is 1. The quantitative estimate of drug-likeness (QED) is 0.146. The Kier molecular flexibility index (Phi) is 4.03. The van der Waals surface area contributed by atoms with Crippen LogP contribution in [0.2, 0.25) is 0 Å². The lowest BCUT2D eigenvalue weighted by Crippen LogP contribution is -2.03. The second-order valence-electron chi connectivity index (χ2n) is 2.53. The molecule has 14 heavy (non-hydrogen) atoms. The van der Waals surface area contributed by atoms with Crippen LogP contribution < -0.4 is 0 Å². The summed E-state index contributed by atoms with van der Waals surface area (Å²) in [6, 6.07) is 0. The van der Waals surface area contributed by atoms with Crippen molar-refractivity contribution in [1.29, 1.82) is 0 Å². The largest absolute Gasteiger partial charge is 0.411 e. The molecule has 0 saturated heterocycles. The third-order valence-electron chi connectivity index (χ3n) is 1.64. The molecule has 0 unspecified atom stereocenters. The van der Waals surface area contributed by atoms with Gasteiger partial charge in [0.2, 0.25) is 0 Å². The van der Waals surface area contributed by atoms with Crippen molar-refractivity contribution in [3.8, 4) is 0 Å². The number of imidazole rings is 1. The standard InChI is InChI=1S/C7H10N6O/c8-12-10-2-1-4-13-5-3-9-7(13)6-11-14/h3,5-6,14H,1-2,4H2/b11-6+. The molecule has 1 rings (SSSR count). The zero-order valence-corrected chi connectivity index (χ0v) is 7.48. The third kappa shape index (κ3) is 2.80. The van der Waals surface area contributed by atoms with E-state index in [-0.39, 0.29) is 0 Å². The Balaban J connectivity index is 2.49. The van der Waals surface area contributed by atoms with Crippen LogP contribution in [0, 0.1) is 0 Å². The highest BCUT2D eigenvalue weighted by Crippen LogP contribution is 1.97. The first-order chi connectivity index (χ1) is 6.88. The van der Waals surface area contributed by atoms with E-state index in [0.29, 0.717) is 18.9 Å². The molecule has 0 aliphatic rings. The van der Waals surface area contributed by atoms with Crippen molar-refractivity contribution >= 4 is 6.21 Å². The summed E-state index contributed by atoms with van der Waals surface area (Å²) in [5.41, 5.74) is 8.05. The smallest absolute Gasteiger partial charge is 0.154 e. The van der Waals surface area contributed by atoms with E-state index in [1.165, 1.54) is 6.21 Å². The molecule has 0 aliphatic heterocycles. The van der Waals surface area contributed by atoms with Crippen LogP contribution >= 0.6 is 0 Å². The summed E-state index contributed by atoms with van der Waals surface area (Å²) < 4.78 is 1.81. The zero-order chi connectivity index (χ0) is 10.2. The van der Waals surface area contributed by atoms with Crippen molar-refractivity contribution in [2.24, 2.45) is 10.3 Å². The first-order valence-electron chi connectivity index (χ1n) is 4.08. The van der Waals surface area contributed by atoms with Crippen LogP contribution in [0.1, 0.15) is 12.2 Å². The molecule has 0 saturated carbocycles. The molecule has 7 nitrogen and oxygen atoms in total. The average molecular weight is 194 g/mol. The summed E-state index contributed by atoms with van der Waals surface area (Å²) in [4.78, 5) is 6.60. The van der Waals surface area contributed by atoms with Gasteiger partial charge in [0.25, 0.3) is 0 Å². The second-order valence-corrected chi connectivity index (χ2v) is 2.53. The molecule has 1 heterocycles. The zero-order valence-electron chi connectivity index (χ0n) is 7.48. The van der Waals surface area contributed by atoms with Gasteiger partial charge in [-0.05, 0) is 12.0 Å². The molecule has 0 aromatic carbocycles. The van der Waals surface area contributed by atoms with E-state index in [2.05, 4.69) is 20.2 Å². The Morgan fingerprint density at radius 2 is 2.57 bits per heavy atom. The van der Waals surface area contributed by atoms with Gasteiger partial charge in [0, 0.05) is 30.4 Å². The summed E-state index contributed by atoms with van der Waals surface area (Å²) in [6.45, 7) is 1.13. The van der Waals surface area contributed by atoms with Crippen molar-refractivity contribution in [3.63, 3.8) is 0 Å². The lowest BCUT2D eigenvalue weighted by atomic mass is 10.4. The van der Waals surface area contributed by atoms with Gasteiger partial charge in [-0.15, -0.1) is 0 Å². The lowest BCUT2D eigenvalue weighted by Gasteiger charge is -2.01. The Morgan fingerprint density at radius 1 is 1.71 bits per heavy atom. The molecule has 74 valence electrons. The SMILES string of the molecule is [N-]=[N+]=NCCCn1ccnc1/C=N/O. The number of aromatic nitrogens is 2. The van der Waals surface area contributed by atoms with Gasteiger partial charge in [0.15, 0.2) is 5.82 Å². The number of hydrogen-bond acceptors (Lipinski definition) is 4. The Labute approximate surface area is 80.3 Å². The van der Waals surface area contributed by atoms with Crippen LogP contribution in [0.25, 0.3) is 10.4 Å². The van der Waals surface area contributed by atoms with Gasteiger partial charge < -0.3 is 9.77 Å². The van der Waals surface area contributed by atoms with Crippen LogP contribution in [0.15, 0.2) is 22.7 Å². The Morgan fingerprint density at radius 3 is 3.29 bits per heavy atom. The third-order valence-corrected chi connectivity index (χ3v) is 1.64. The molecule has 1 aromatic heterocycles. The number of aryl methyl sites for hydroxylation is 1.